The van der Waals surface area contributed by atoms with Gasteiger partial charge in [-0.2, -0.15) is 0 Å². The van der Waals surface area contributed by atoms with Gasteiger partial charge < -0.3 is 4.98 Å². The number of aromatic amines is 1. The van der Waals surface area contributed by atoms with Gasteiger partial charge in [0.1, 0.15) is 0 Å². The van der Waals surface area contributed by atoms with E-state index in [4.69, 9.17) is 11.6 Å². The van der Waals surface area contributed by atoms with E-state index in [2.05, 4.69) is 4.98 Å². The molecule has 1 aromatic carbocycles. The van der Waals surface area contributed by atoms with Crippen LogP contribution in [0.4, 0.5) is 0 Å². The van der Waals surface area contributed by atoms with Crippen LogP contribution in [0.15, 0.2) is 30.3 Å². The van der Waals surface area contributed by atoms with E-state index >= 15 is 0 Å². The Hall–Kier alpha value is -1.58. The summed E-state index contributed by atoms with van der Waals surface area (Å²) < 4.78 is 0. The summed E-state index contributed by atoms with van der Waals surface area (Å²) in [5, 5.41) is 1.51. The van der Waals surface area contributed by atoms with Gasteiger partial charge in [0, 0.05) is 26.4 Å². The number of benzene rings is 1. The van der Waals surface area contributed by atoms with Crippen LogP contribution in [-0.4, -0.2) is 11.3 Å². The van der Waals surface area contributed by atoms with E-state index in [0.29, 0.717) is 10.6 Å². The largest absolute Gasteiger partial charge is 0.353 e. The summed E-state index contributed by atoms with van der Waals surface area (Å²) in [6.07, 6.45) is 0.888. The lowest BCUT2D eigenvalue weighted by Crippen LogP contribution is -1.80. The van der Waals surface area contributed by atoms with Gasteiger partial charge in [-0.05, 0) is 37.3 Å². The molecule has 90 valence electrons. The number of halogens is 1. The number of rotatable bonds is 2. The summed E-state index contributed by atoms with van der Waals surface area (Å²) in [6.45, 7) is 2.05. The van der Waals surface area contributed by atoms with Crippen molar-refractivity contribution < 1.29 is 4.79 Å². The SMILES string of the molecule is Cc1ccc(-c2[nH]c3ccc(Cl)cc3c2C=O)s1. The Balaban J connectivity index is 2.32. The van der Waals surface area contributed by atoms with Crippen LogP contribution in [0.2, 0.25) is 5.02 Å². The number of carbonyl (C=O) groups excluding carboxylic acids is 1. The van der Waals surface area contributed by atoms with Gasteiger partial charge in [-0.1, -0.05) is 11.6 Å². The molecule has 0 spiro atoms. The first-order chi connectivity index (χ1) is 8.69. The molecule has 0 atom stereocenters. The predicted molar refractivity (Wildman–Crippen MR) is 76.7 cm³/mol. The van der Waals surface area contributed by atoms with Crippen molar-refractivity contribution >= 4 is 40.1 Å². The van der Waals surface area contributed by atoms with Crippen LogP contribution >= 0.6 is 22.9 Å². The fourth-order valence-electron chi connectivity index (χ4n) is 2.07. The third-order valence-electron chi connectivity index (χ3n) is 2.91. The van der Waals surface area contributed by atoms with Crippen molar-refractivity contribution in [3.8, 4) is 10.6 Å². The molecule has 3 rings (SSSR count). The number of aromatic nitrogens is 1. The maximum atomic E-state index is 11.3. The van der Waals surface area contributed by atoms with Crippen molar-refractivity contribution in [3.63, 3.8) is 0 Å². The molecular weight excluding hydrogens is 266 g/mol. The number of hydrogen-bond donors (Lipinski definition) is 1. The Morgan fingerprint density at radius 3 is 2.78 bits per heavy atom. The van der Waals surface area contributed by atoms with Crippen molar-refractivity contribution in [1.29, 1.82) is 0 Å². The second kappa shape index (κ2) is 4.26. The molecule has 0 saturated carbocycles. The third kappa shape index (κ3) is 1.76. The van der Waals surface area contributed by atoms with Gasteiger partial charge in [0.05, 0.1) is 10.6 Å². The third-order valence-corrected chi connectivity index (χ3v) is 4.16. The highest BCUT2D eigenvalue weighted by Crippen LogP contribution is 2.34. The highest BCUT2D eigenvalue weighted by Gasteiger charge is 2.14. The second-order valence-electron chi connectivity index (χ2n) is 4.13. The van der Waals surface area contributed by atoms with Gasteiger partial charge in [-0.15, -0.1) is 11.3 Å². The van der Waals surface area contributed by atoms with Gasteiger partial charge in [-0.25, -0.2) is 0 Å². The van der Waals surface area contributed by atoms with Crippen molar-refractivity contribution in [3.05, 3.63) is 45.8 Å². The van der Waals surface area contributed by atoms with Gasteiger partial charge in [-0.3, -0.25) is 4.79 Å². The molecule has 1 N–H and O–H groups in total. The number of aryl methyl sites for hydroxylation is 1. The number of thiophene rings is 1. The second-order valence-corrected chi connectivity index (χ2v) is 5.86. The Kier molecular flexibility index (Phi) is 2.73. The predicted octanol–water partition coefficient (Wildman–Crippen LogP) is 4.67. The summed E-state index contributed by atoms with van der Waals surface area (Å²) in [6, 6.07) is 9.61. The van der Waals surface area contributed by atoms with Gasteiger partial charge in [0.25, 0.3) is 0 Å². The summed E-state index contributed by atoms with van der Waals surface area (Å²) in [5.41, 5.74) is 2.48. The van der Waals surface area contributed by atoms with Crippen LogP contribution in [0.3, 0.4) is 0 Å². The molecule has 0 radical (unpaired) electrons. The molecule has 18 heavy (non-hydrogen) atoms. The summed E-state index contributed by atoms with van der Waals surface area (Å²) >= 11 is 7.65. The zero-order valence-electron chi connectivity index (χ0n) is 9.66. The molecule has 0 aliphatic heterocycles. The maximum Gasteiger partial charge on any atom is 0.152 e. The van der Waals surface area contributed by atoms with Crippen LogP contribution in [0.25, 0.3) is 21.5 Å². The molecule has 0 aliphatic rings. The van der Waals surface area contributed by atoms with Crippen LogP contribution < -0.4 is 0 Å². The lowest BCUT2D eigenvalue weighted by atomic mass is 10.1. The summed E-state index contributed by atoms with van der Waals surface area (Å²) in [4.78, 5) is 16.9. The van der Waals surface area contributed by atoms with Crippen LogP contribution in [0.5, 0.6) is 0 Å². The van der Waals surface area contributed by atoms with Gasteiger partial charge in [0.2, 0.25) is 0 Å². The maximum absolute atomic E-state index is 11.3. The Bertz CT molecular complexity index is 741. The van der Waals surface area contributed by atoms with E-state index in [1.165, 1.54) is 4.88 Å². The van der Waals surface area contributed by atoms with Crippen molar-refractivity contribution in [1.82, 2.24) is 4.98 Å². The first kappa shape index (κ1) is 11.5. The van der Waals surface area contributed by atoms with E-state index in [1.54, 1.807) is 11.3 Å². The first-order valence-corrected chi connectivity index (χ1v) is 6.71. The average Bonchev–Trinajstić information content (AvgIpc) is 2.91. The fraction of sp³-hybridized carbons (Fsp3) is 0.0714. The van der Waals surface area contributed by atoms with Crippen molar-refractivity contribution in [2.24, 2.45) is 0 Å². The minimum absolute atomic E-state index is 0.638. The van der Waals surface area contributed by atoms with Gasteiger partial charge in [0.15, 0.2) is 6.29 Å². The van der Waals surface area contributed by atoms with Crippen LogP contribution in [-0.2, 0) is 0 Å². The molecule has 0 aliphatic carbocycles. The van der Waals surface area contributed by atoms with Crippen molar-refractivity contribution in [2.75, 3.05) is 0 Å². The lowest BCUT2D eigenvalue weighted by molar-refractivity contribution is 0.112. The lowest BCUT2D eigenvalue weighted by Gasteiger charge is -1.94. The standard InChI is InChI=1S/C14H10ClNOS/c1-8-2-5-13(18-8)14-11(7-17)10-6-9(15)3-4-12(10)16-14/h2-7,16H,1H3. The minimum Gasteiger partial charge on any atom is -0.353 e. The minimum atomic E-state index is 0.638. The van der Waals surface area contributed by atoms with Gasteiger partial charge >= 0.3 is 0 Å². The molecule has 0 saturated heterocycles. The number of H-pyrrole nitrogens is 1. The van der Waals surface area contributed by atoms with E-state index in [0.717, 1.165) is 27.8 Å². The molecule has 2 nitrogen and oxygen atoms in total. The van der Waals surface area contributed by atoms with E-state index in [9.17, 15) is 4.79 Å². The average molecular weight is 276 g/mol. The van der Waals surface area contributed by atoms with E-state index in [1.807, 2.05) is 37.3 Å². The topological polar surface area (TPSA) is 32.9 Å². The number of aldehydes is 1. The number of carbonyl (C=O) groups is 1. The number of nitrogens with one attached hydrogen (secondary N) is 1. The number of fused-ring (bicyclic) bond motifs is 1. The summed E-state index contributed by atoms with van der Waals surface area (Å²) in [5.74, 6) is 0. The molecule has 0 bridgehead atoms. The summed E-state index contributed by atoms with van der Waals surface area (Å²) in [7, 11) is 0. The van der Waals surface area contributed by atoms with E-state index in [-0.39, 0.29) is 0 Å². The molecule has 0 fully saturated rings. The molecule has 4 heteroatoms. The normalized spacial score (nSPS) is 11.0. The zero-order chi connectivity index (χ0) is 12.7. The quantitative estimate of drug-likeness (QED) is 0.677. The molecule has 0 amide bonds. The molecule has 2 heterocycles. The molecule has 3 aromatic rings. The molecular formula is C14H10ClNOS. The van der Waals surface area contributed by atoms with Crippen LogP contribution in [0, 0.1) is 6.92 Å². The Morgan fingerprint density at radius 1 is 1.28 bits per heavy atom. The Labute approximate surface area is 113 Å². The van der Waals surface area contributed by atoms with E-state index < -0.39 is 0 Å². The Morgan fingerprint density at radius 2 is 2.11 bits per heavy atom. The smallest absolute Gasteiger partial charge is 0.152 e. The fourth-order valence-corrected chi connectivity index (χ4v) is 3.12. The number of hydrogen-bond acceptors (Lipinski definition) is 2. The zero-order valence-corrected chi connectivity index (χ0v) is 11.2. The van der Waals surface area contributed by atoms with Crippen molar-refractivity contribution in [2.45, 2.75) is 6.92 Å². The monoisotopic (exact) mass is 275 g/mol. The highest BCUT2D eigenvalue weighted by molar-refractivity contribution is 7.15. The molecule has 2 aromatic heterocycles. The van der Waals surface area contributed by atoms with Crippen LogP contribution in [0.1, 0.15) is 15.2 Å². The first-order valence-electron chi connectivity index (χ1n) is 5.52. The molecule has 0 unspecified atom stereocenters. The highest BCUT2D eigenvalue weighted by atomic mass is 35.5.